The Morgan fingerprint density at radius 1 is 1.20 bits per heavy atom. The molecule has 0 aliphatic rings. The van der Waals surface area contributed by atoms with Gasteiger partial charge in [0.25, 0.3) is 0 Å². The first-order chi connectivity index (χ1) is 9.54. The molecule has 20 heavy (non-hydrogen) atoms. The first-order valence-electron chi connectivity index (χ1n) is 6.69. The molecule has 106 valence electrons. The Morgan fingerprint density at radius 2 is 1.95 bits per heavy atom. The fourth-order valence-corrected chi connectivity index (χ4v) is 1.96. The number of phenols is 1. The van der Waals surface area contributed by atoms with Crippen molar-refractivity contribution in [3.8, 4) is 11.5 Å². The van der Waals surface area contributed by atoms with Crippen molar-refractivity contribution < 1.29 is 14.6 Å². The van der Waals surface area contributed by atoms with Gasteiger partial charge < -0.3 is 15.2 Å². The Balaban J connectivity index is 1.95. The van der Waals surface area contributed by atoms with E-state index in [2.05, 4.69) is 5.32 Å². The van der Waals surface area contributed by atoms with Crippen molar-refractivity contribution in [1.29, 1.82) is 0 Å². The largest absolute Gasteiger partial charge is 0.508 e. The number of benzene rings is 2. The molecule has 2 aromatic rings. The van der Waals surface area contributed by atoms with Gasteiger partial charge in [-0.1, -0.05) is 12.1 Å². The number of amides is 1. The second-order valence-corrected chi connectivity index (χ2v) is 5.01. The van der Waals surface area contributed by atoms with Crippen LogP contribution >= 0.6 is 0 Å². The van der Waals surface area contributed by atoms with Crippen LogP contribution < -0.4 is 10.1 Å². The Morgan fingerprint density at radius 3 is 2.70 bits per heavy atom. The van der Waals surface area contributed by atoms with Gasteiger partial charge in [0.15, 0.2) is 0 Å². The molecule has 0 aliphatic heterocycles. The Bertz CT molecular complexity index is 608. The predicted molar refractivity (Wildman–Crippen MR) is 79.0 cm³/mol. The van der Waals surface area contributed by atoms with Gasteiger partial charge in [0.05, 0.1) is 13.0 Å². The van der Waals surface area contributed by atoms with Crippen molar-refractivity contribution in [3.63, 3.8) is 0 Å². The van der Waals surface area contributed by atoms with Gasteiger partial charge in [0.2, 0.25) is 5.91 Å². The SMILES string of the molecule is CC(C)NC(=O)CCOc1ccc2ccc(O)cc2c1. The zero-order chi connectivity index (χ0) is 14.5. The number of carbonyl (C=O) groups excluding carboxylic acids is 1. The van der Waals surface area contributed by atoms with Crippen LogP contribution in [0, 0.1) is 0 Å². The van der Waals surface area contributed by atoms with Crippen molar-refractivity contribution in [2.45, 2.75) is 26.3 Å². The lowest BCUT2D eigenvalue weighted by Gasteiger charge is -2.10. The lowest BCUT2D eigenvalue weighted by molar-refractivity contribution is -0.122. The van der Waals surface area contributed by atoms with Crippen LogP contribution in [0.5, 0.6) is 11.5 Å². The van der Waals surface area contributed by atoms with Gasteiger partial charge in [0.1, 0.15) is 11.5 Å². The molecule has 0 radical (unpaired) electrons. The summed E-state index contributed by atoms with van der Waals surface area (Å²) < 4.78 is 5.56. The van der Waals surface area contributed by atoms with E-state index in [4.69, 9.17) is 4.74 Å². The van der Waals surface area contributed by atoms with E-state index in [1.54, 1.807) is 12.1 Å². The maximum atomic E-state index is 11.5. The van der Waals surface area contributed by atoms with Gasteiger partial charge >= 0.3 is 0 Å². The summed E-state index contributed by atoms with van der Waals surface area (Å²) in [7, 11) is 0. The van der Waals surface area contributed by atoms with Crippen LogP contribution in [-0.2, 0) is 4.79 Å². The van der Waals surface area contributed by atoms with Gasteiger partial charge in [-0.2, -0.15) is 0 Å². The molecule has 0 unspecified atom stereocenters. The molecule has 2 N–H and O–H groups in total. The molecule has 0 saturated heterocycles. The quantitative estimate of drug-likeness (QED) is 0.880. The monoisotopic (exact) mass is 273 g/mol. The third kappa shape index (κ3) is 3.88. The standard InChI is InChI=1S/C16H19NO3/c1-11(2)17-16(19)7-8-20-15-6-4-12-3-5-14(18)9-13(12)10-15/h3-6,9-11,18H,7-8H2,1-2H3,(H,17,19). The van der Waals surface area contributed by atoms with Gasteiger partial charge in [0, 0.05) is 6.04 Å². The molecule has 4 heteroatoms. The van der Waals surface area contributed by atoms with E-state index in [0.717, 1.165) is 10.8 Å². The van der Waals surface area contributed by atoms with Crippen molar-refractivity contribution in [2.75, 3.05) is 6.61 Å². The second kappa shape index (κ2) is 6.28. The Hall–Kier alpha value is -2.23. The zero-order valence-corrected chi connectivity index (χ0v) is 11.7. The van der Waals surface area contributed by atoms with Gasteiger partial charge in [-0.3, -0.25) is 4.79 Å². The summed E-state index contributed by atoms with van der Waals surface area (Å²) in [4.78, 5) is 11.5. The number of carbonyl (C=O) groups is 1. The third-order valence-corrected chi connectivity index (χ3v) is 2.84. The maximum Gasteiger partial charge on any atom is 0.223 e. The molecule has 0 bridgehead atoms. The van der Waals surface area contributed by atoms with Crippen LogP contribution in [0.15, 0.2) is 36.4 Å². The first-order valence-corrected chi connectivity index (χ1v) is 6.69. The molecule has 2 rings (SSSR count). The van der Waals surface area contributed by atoms with Gasteiger partial charge in [-0.25, -0.2) is 0 Å². The van der Waals surface area contributed by atoms with E-state index in [-0.39, 0.29) is 17.7 Å². The lowest BCUT2D eigenvalue weighted by Crippen LogP contribution is -2.31. The summed E-state index contributed by atoms with van der Waals surface area (Å²) in [5.74, 6) is 0.907. The molecule has 0 spiro atoms. The molecule has 0 aromatic heterocycles. The van der Waals surface area contributed by atoms with E-state index in [1.807, 2.05) is 38.1 Å². The predicted octanol–water partition coefficient (Wildman–Crippen LogP) is 2.84. The van der Waals surface area contributed by atoms with Crippen LogP contribution in [0.1, 0.15) is 20.3 Å². The minimum Gasteiger partial charge on any atom is -0.508 e. The Kier molecular flexibility index (Phi) is 4.45. The van der Waals surface area contributed by atoms with Crippen molar-refractivity contribution in [2.24, 2.45) is 0 Å². The topological polar surface area (TPSA) is 58.6 Å². The van der Waals surface area contributed by atoms with Crippen LogP contribution in [0.25, 0.3) is 10.8 Å². The molecule has 2 aromatic carbocycles. The smallest absolute Gasteiger partial charge is 0.223 e. The summed E-state index contributed by atoms with van der Waals surface area (Å²) in [5, 5.41) is 14.2. The average Bonchev–Trinajstić information content (AvgIpc) is 2.37. The number of hydrogen-bond acceptors (Lipinski definition) is 3. The van der Waals surface area contributed by atoms with E-state index in [0.29, 0.717) is 18.8 Å². The van der Waals surface area contributed by atoms with Gasteiger partial charge in [-0.05, 0) is 48.9 Å². The summed E-state index contributed by atoms with van der Waals surface area (Å²) in [6.07, 6.45) is 0.330. The van der Waals surface area contributed by atoms with Crippen LogP contribution in [-0.4, -0.2) is 23.7 Å². The molecular weight excluding hydrogens is 254 g/mol. The Labute approximate surface area is 118 Å². The molecule has 0 heterocycles. The fourth-order valence-electron chi connectivity index (χ4n) is 1.96. The van der Waals surface area contributed by atoms with Crippen LogP contribution in [0.2, 0.25) is 0 Å². The van der Waals surface area contributed by atoms with Crippen molar-refractivity contribution >= 4 is 16.7 Å². The number of phenolic OH excluding ortho intramolecular Hbond substituents is 1. The lowest BCUT2D eigenvalue weighted by atomic mass is 10.1. The van der Waals surface area contributed by atoms with E-state index >= 15 is 0 Å². The second-order valence-electron chi connectivity index (χ2n) is 5.01. The third-order valence-electron chi connectivity index (χ3n) is 2.84. The molecule has 0 fully saturated rings. The van der Waals surface area contributed by atoms with Crippen LogP contribution in [0.3, 0.4) is 0 Å². The minimum absolute atomic E-state index is 0.0153. The zero-order valence-electron chi connectivity index (χ0n) is 11.7. The number of rotatable bonds is 5. The molecule has 4 nitrogen and oxygen atoms in total. The normalized spacial score (nSPS) is 10.8. The molecular formula is C16H19NO3. The molecule has 1 amide bonds. The number of hydrogen-bond donors (Lipinski definition) is 2. The number of fused-ring (bicyclic) bond motifs is 1. The van der Waals surface area contributed by atoms with Crippen molar-refractivity contribution in [3.05, 3.63) is 36.4 Å². The summed E-state index contributed by atoms with van der Waals surface area (Å²) in [6, 6.07) is 11.0. The van der Waals surface area contributed by atoms with E-state index < -0.39 is 0 Å². The maximum absolute atomic E-state index is 11.5. The minimum atomic E-state index is -0.0153. The number of ether oxygens (including phenoxy) is 1. The summed E-state index contributed by atoms with van der Waals surface area (Å²) in [5.41, 5.74) is 0. The van der Waals surface area contributed by atoms with E-state index in [9.17, 15) is 9.90 Å². The average molecular weight is 273 g/mol. The molecule has 0 saturated carbocycles. The number of aromatic hydroxyl groups is 1. The van der Waals surface area contributed by atoms with Gasteiger partial charge in [-0.15, -0.1) is 0 Å². The van der Waals surface area contributed by atoms with E-state index in [1.165, 1.54) is 0 Å². The van der Waals surface area contributed by atoms with Crippen LogP contribution in [0.4, 0.5) is 0 Å². The highest BCUT2D eigenvalue weighted by molar-refractivity contribution is 5.85. The number of nitrogens with one attached hydrogen (secondary N) is 1. The summed E-state index contributed by atoms with van der Waals surface area (Å²) >= 11 is 0. The van der Waals surface area contributed by atoms with Crippen molar-refractivity contribution in [1.82, 2.24) is 5.32 Å². The highest BCUT2D eigenvalue weighted by Gasteiger charge is 2.04. The summed E-state index contributed by atoms with van der Waals surface area (Å²) in [6.45, 7) is 4.19. The molecule has 0 atom stereocenters. The highest BCUT2D eigenvalue weighted by Crippen LogP contribution is 2.24. The fraction of sp³-hybridized carbons (Fsp3) is 0.312. The highest BCUT2D eigenvalue weighted by atomic mass is 16.5. The first kappa shape index (κ1) is 14.2. The molecule has 0 aliphatic carbocycles.